The van der Waals surface area contributed by atoms with Crippen LogP contribution in [0.4, 0.5) is 16.2 Å². The largest absolute Gasteiger partial charge is 0.394 e. The molecular formula is C18H27N3O3. The monoisotopic (exact) mass is 333 g/mol. The molecule has 2 fully saturated rings. The molecule has 1 aromatic rings. The second kappa shape index (κ2) is 7.85. The second-order valence-corrected chi connectivity index (χ2v) is 6.69. The van der Waals surface area contributed by atoms with Gasteiger partial charge in [0.2, 0.25) is 0 Å². The smallest absolute Gasteiger partial charge is 0.321 e. The quantitative estimate of drug-likeness (QED) is 0.751. The van der Waals surface area contributed by atoms with Crippen molar-refractivity contribution >= 4 is 17.4 Å². The van der Waals surface area contributed by atoms with Gasteiger partial charge in [0.15, 0.2) is 0 Å². The highest BCUT2D eigenvalue weighted by molar-refractivity contribution is 5.93. The van der Waals surface area contributed by atoms with Gasteiger partial charge in [-0.1, -0.05) is 12.1 Å². The summed E-state index contributed by atoms with van der Waals surface area (Å²) < 4.78 is 5.21. The van der Waals surface area contributed by atoms with Crippen molar-refractivity contribution in [3.63, 3.8) is 0 Å². The number of nitrogens with one attached hydrogen (secondary N) is 1. The molecule has 1 saturated carbocycles. The summed E-state index contributed by atoms with van der Waals surface area (Å²) in [5.41, 5.74) is 2.00. The third kappa shape index (κ3) is 3.82. The van der Waals surface area contributed by atoms with Crippen LogP contribution in [0.2, 0.25) is 0 Å². The Morgan fingerprint density at radius 1 is 1.38 bits per heavy atom. The number of carbonyl (C=O) groups excluding carboxylic acids is 1. The molecular weight excluding hydrogens is 306 g/mol. The molecule has 0 unspecified atom stereocenters. The minimum Gasteiger partial charge on any atom is -0.394 e. The molecule has 2 atom stereocenters. The van der Waals surface area contributed by atoms with Gasteiger partial charge >= 0.3 is 6.03 Å². The normalized spacial score (nSPS) is 22.0. The Labute approximate surface area is 143 Å². The lowest BCUT2D eigenvalue weighted by atomic mass is 10.1. The van der Waals surface area contributed by atoms with Gasteiger partial charge in [-0.3, -0.25) is 0 Å². The number of hydrogen-bond donors (Lipinski definition) is 2. The molecule has 6 heteroatoms. The lowest BCUT2D eigenvalue weighted by Crippen LogP contribution is -2.36. The summed E-state index contributed by atoms with van der Waals surface area (Å²) in [6.07, 6.45) is 3.88. The number of aliphatic hydroxyl groups excluding tert-OH is 1. The van der Waals surface area contributed by atoms with Crippen molar-refractivity contribution < 1.29 is 14.6 Å². The summed E-state index contributed by atoms with van der Waals surface area (Å²) in [5.74, 6) is 0.810. The fraction of sp³-hybridized carbons (Fsp3) is 0.611. The molecule has 1 aliphatic carbocycles. The summed E-state index contributed by atoms with van der Waals surface area (Å²) >= 11 is 0. The molecule has 1 saturated heterocycles. The zero-order chi connectivity index (χ0) is 16.9. The number of hydrogen-bond acceptors (Lipinski definition) is 4. The van der Waals surface area contributed by atoms with E-state index in [9.17, 15) is 4.79 Å². The van der Waals surface area contributed by atoms with Gasteiger partial charge in [-0.05, 0) is 37.3 Å². The van der Waals surface area contributed by atoms with Gasteiger partial charge in [0.25, 0.3) is 0 Å². The maximum absolute atomic E-state index is 12.4. The van der Waals surface area contributed by atoms with Gasteiger partial charge in [0.05, 0.1) is 31.2 Å². The summed E-state index contributed by atoms with van der Waals surface area (Å²) in [7, 11) is 1.75. The predicted octanol–water partition coefficient (Wildman–Crippen LogP) is 2.15. The van der Waals surface area contributed by atoms with Crippen LogP contribution in [0.25, 0.3) is 0 Å². The average Bonchev–Trinajstić information content (AvgIpc) is 3.22. The minimum absolute atomic E-state index is 0.00127. The molecule has 3 rings (SSSR count). The molecule has 132 valence electrons. The molecule has 2 amide bonds. The molecule has 2 aliphatic rings. The van der Waals surface area contributed by atoms with Gasteiger partial charge in [-0.25, -0.2) is 4.79 Å². The molecule has 2 N–H and O–H groups in total. The number of ether oxygens (including phenoxy) is 1. The molecule has 0 spiro atoms. The van der Waals surface area contributed by atoms with E-state index < -0.39 is 0 Å². The molecule has 1 heterocycles. The van der Waals surface area contributed by atoms with Crippen molar-refractivity contribution in [3.05, 3.63) is 24.3 Å². The Morgan fingerprint density at radius 3 is 2.92 bits per heavy atom. The standard InChI is InChI=1S/C18H27N3O3/c1-20(8-10-24-11-9-22)18(23)19-16-4-2-3-5-17(16)21-13-14-6-7-15(21)12-14/h2-5,14-15,22H,6-13H2,1H3,(H,19,23)/t14-,15-/m0/s1. The van der Waals surface area contributed by atoms with Crippen molar-refractivity contribution in [2.45, 2.75) is 25.3 Å². The molecule has 1 aromatic carbocycles. The Balaban J connectivity index is 1.60. The number of urea groups is 1. The van der Waals surface area contributed by atoms with E-state index in [-0.39, 0.29) is 12.6 Å². The second-order valence-electron chi connectivity index (χ2n) is 6.69. The van der Waals surface area contributed by atoms with E-state index in [1.165, 1.54) is 19.3 Å². The lowest BCUT2D eigenvalue weighted by Gasteiger charge is -2.31. The zero-order valence-corrected chi connectivity index (χ0v) is 14.3. The fourth-order valence-corrected chi connectivity index (χ4v) is 3.73. The first-order valence-electron chi connectivity index (χ1n) is 8.75. The molecule has 6 nitrogen and oxygen atoms in total. The SMILES string of the molecule is CN(CCOCCO)C(=O)Nc1ccccc1N1C[C@H]2CC[C@H]1C2. The summed E-state index contributed by atoms with van der Waals surface area (Å²) in [6.45, 7) is 2.31. The van der Waals surface area contributed by atoms with Crippen molar-refractivity contribution in [1.82, 2.24) is 4.90 Å². The van der Waals surface area contributed by atoms with Crippen LogP contribution in [-0.2, 0) is 4.74 Å². The third-order valence-corrected chi connectivity index (χ3v) is 5.02. The number of benzene rings is 1. The van der Waals surface area contributed by atoms with E-state index in [1.807, 2.05) is 18.2 Å². The number of carbonyl (C=O) groups is 1. The van der Waals surface area contributed by atoms with Gasteiger partial charge in [0, 0.05) is 26.2 Å². The van der Waals surface area contributed by atoms with Crippen molar-refractivity contribution in [2.24, 2.45) is 5.92 Å². The Kier molecular flexibility index (Phi) is 5.58. The van der Waals surface area contributed by atoms with Gasteiger partial charge in [0.1, 0.15) is 0 Å². The van der Waals surface area contributed by atoms with Crippen LogP contribution in [0.3, 0.4) is 0 Å². The Morgan fingerprint density at radius 2 is 2.21 bits per heavy atom. The molecule has 2 bridgehead atoms. The van der Waals surface area contributed by atoms with Gasteiger partial charge in [-0.2, -0.15) is 0 Å². The maximum Gasteiger partial charge on any atom is 0.321 e. The number of para-hydroxylation sites is 2. The van der Waals surface area contributed by atoms with Gasteiger partial charge in [-0.15, -0.1) is 0 Å². The highest BCUT2D eigenvalue weighted by atomic mass is 16.5. The van der Waals surface area contributed by atoms with E-state index in [2.05, 4.69) is 16.3 Å². The van der Waals surface area contributed by atoms with E-state index in [1.54, 1.807) is 11.9 Å². The topological polar surface area (TPSA) is 65.0 Å². The Hall–Kier alpha value is -1.79. The van der Waals surface area contributed by atoms with E-state index in [0.29, 0.717) is 25.8 Å². The van der Waals surface area contributed by atoms with E-state index >= 15 is 0 Å². The van der Waals surface area contributed by atoms with Crippen LogP contribution in [0, 0.1) is 5.92 Å². The van der Waals surface area contributed by atoms with E-state index in [0.717, 1.165) is 23.8 Å². The zero-order valence-electron chi connectivity index (χ0n) is 14.3. The van der Waals surface area contributed by atoms with Crippen LogP contribution >= 0.6 is 0 Å². The summed E-state index contributed by atoms with van der Waals surface area (Å²) in [5, 5.41) is 11.7. The first-order chi connectivity index (χ1) is 11.7. The molecule has 1 aliphatic heterocycles. The Bertz CT molecular complexity index is 566. The first kappa shape index (κ1) is 17.0. The molecule has 24 heavy (non-hydrogen) atoms. The third-order valence-electron chi connectivity index (χ3n) is 5.02. The van der Waals surface area contributed by atoms with Crippen LogP contribution in [-0.4, -0.2) is 62.0 Å². The van der Waals surface area contributed by atoms with Crippen LogP contribution < -0.4 is 10.2 Å². The minimum atomic E-state index is -0.139. The molecule has 0 radical (unpaired) electrons. The number of piperidine rings is 1. The first-order valence-corrected chi connectivity index (χ1v) is 8.75. The number of amides is 2. The predicted molar refractivity (Wildman–Crippen MR) is 94.5 cm³/mol. The maximum atomic E-state index is 12.4. The number of fused-ring (bicyclic) bond motifs is 2. The lowest BCUT2D eigenvalue weighted by molar-refractivity contribution is 0.0833. The van der Waals surface area contributed by atoms with Crippen LogP contribution in [0.15, 0.2) is 24.3 Å². The highest BCUT2D eigenvalue weighted by Crippen LogP contribution is 2.42. The number of nitrogens with zero attached hydrogens (tertiary/aromatic N) is 2. The van der Waals surface area contributed by atoms with Crippen LogP contribution in [0.5, 0.6) is 0 Å². The fourth-order valence-electron chi connectivity index (χ4n) is 3.73. The highest BCUT2D eigenvalue weighted by Gasteiger charge is 2.38. The number of rotatable bonds is 7. The van der Waals surface area contributed by atoms with Crippen molar-refractivity contribution in [2.75, 3.05) is 50.2 Å². The number of anilines is 2. The summed E-state index contributed by atoms with van der Waals surface area (Å²) in [6, 6.07) is 8.54. The van der Waals surface area contributed by atoms with Crippen molar-refractivity contribution in [3.8, 4) is 0 Å². The average molecular weight is 333 g/mol. The number of likely N-dealkylation sites (N-methyl/N-ethyl adjacent to an activating group) is 1. The van der Waals surface area contributed by atoms with Gasteiger partial charge < -0.3 is 25.0 Å². The molecule has 0 aromatic heterocycles. The summed E-state index contributed by atoms with van der Waals surface area (Å²) in [4.78, 5) is 16.4. The number of aliphatic hydroxyl groups is 1. The van der Waals surface area contributed by atoms with Crippen molar-refractivity contribution in [1.29, 1.82) is 0 Å². The van der Waals surface area contributed by atoms with E-state index in [4.69, 9.17) is 9.84 Å². The van der Waals surface area contributed by atoms with Crippen LogP contribution in [0.1, 0.15) is 19.3 Å².